The number of hydrogen-bond acceptors (Lipinski definition) is 3. The highest BCUT2D eigenvalue weighted by Crippen LogP contribution is 2.27. The molecule has 0 aromatic heterocycles. The van der Waals surface area contributed by atoms with E-state index in [2.05, 4.69) is 40.5 Å². The second kappa shape index (κ2) is 7.39. The Labute approximate surface area is 128 Å². The average Bonchev–Trinajstić information content (AvgIpc) is 2.82. The minimum Gasteiger partial charge on any atom is -0.381 e. The van der Waals surface area contributed by atoms with E-state index in [-0.39, 0.29) is 0 Å². The molecule has 3 unspecified atom stereocenters. The minimum absolute atomic E-state index is 0.468. The molecule has 1 aromatic carbocycles. The first-order chi connectivity index (χ1) is 10.4. The molecule has 2 aliphatic rings. The lowest BCUT2D eigenvalue weighted by molar-refractivity contribution is 0.0274. The van der Waals surface area contributed by atoms with E-state index in [0.29, 0.717) is 18.2 Å². The van der Waals surface area contributed by atoms with Crippen LogP contribution in [0.15, 0.2) is 30.3 Å². The molecule has 3 heteroatoms. The Hall–Kier alpha value is -0.900. The van der Waals surface area contributed by atoms with Crippen LogP contribution in [0, 0.1) is 0 Å². The first-order valence-corrected chi connectivity index (χ1v) is 8.42. The van der Waals surface area contributed by atoms with Crippen molar-refractivity contribution in [3.63, 3.8) is 0 Å². The largest absolute Gasteiger partial charge is 0.381 e. The normalized spacial score (nSPS) is 31.8. The maximum atomic E-state index is 5.61. The van der Waals surface area contributed by atoms with Gasteiger partial charge < -0.3 is 10.1 Å². The topological polar surface area (TPSA) is 24.5 Å². The van der Waals surface area contributed by atoms with Gasteiger partial charge in [-0.15, -0.1) is 0 Å². The number of hydrogen-bond donors (Lipinski definition) is 1. The fourth-order valence-electron chi connectivity index (χ4n) is 3.86. The predicted octanol–water partition coefficient (Wildman–Crippen LogP) is 2.98. The Morgan fingerprint density at radius 2 is 2.00 bits per heavy atom. The fourth-order valence-corrected chi connectivity index (χ4v) is 3.86. The minimum atomic E-state index is 0.468. The van der Waals surface area contributed by atoms with E-state index in [0.717, 1.165) is 13.1 Å². The molecule has 1 heterocycles. The molecular weight excluding hydrogens is 260 g/mol. The maximum Gasteiger partial charge on any atom is 0.0586 e. The number of nitrogens with zero attached hydrogens (tertiary/aromatic N) is 1. The summed E-state index contributed by atoms with van der Waals surface area (Å²) in [5.41, 5.74) is 1.42. The van der Waals surface area contributed by atoms with E-state index in [4.69, 9.17) is 4.74 Å². The molecule has 3 atom stereocenters. The summed E-state index contributed by atoms with van der Waals surface area (Å²) in [6, 6.07) is 12.1. The summed E-state index contributed by atoms with van der Waals surface area (Å²) in [7, 11) is 1.86. The zero-order valence-corrected chi connectivity index (χ0v) is 13.1. The van der Waals surface area contributed by atoms with E-state index < -0.39 is 0 Å². The third-order valence-corrected chi connectivity index (χ3v) is 5.08. The highest BCUT2D eigenvalue weighted by Gasteiger charge is 2.29. The van der Waals surface area contributed by atoms with Crippen LogP contribution in [0.3, 0.4) is 0 Å². The number of rotatable bonds is 3. The molecule has 116 valence electrons. The summed E-state index contributed by atoms with van der Waals surface area (Å²) in [6.45, 7) is 3.47. The first-order valence-electron chi connectivity index (χ1n) is 8.42. The SMILES string of the molecule is COC1CCCC(N2CCCNC(c3ccccc3)C2)C1. The fraction of sp³-hybridized carbons (Fsp3) is 0.667. The van der Waals surface area contributed by atoms with E-state index in [1.165, 1.54) is 44.2 Å². The second-order valence-electron chi connectivity index (χ2n) is 6.44. The lowest BCUT2D eigenvalue weighted by Crippen LogP contribution is -2.43. The van der Waals surface area contributed by atoms with Crippen molar-refractivity contribution in [1.29, 1.82) is 0 Å². The standard InChI is InChI=1S/C18H28N2O/c1-21-17-10-5-9-16(13-17)20-12-6-11-19-18(14-20)15-7-3-2-4-8-15/h2-4,7-8,16-19H,5-6,9-14H2,1H3. The summed E-state index contributed by atoms with van der Waals surface area (Å²) >= 11 is 0. The molecule has 1 saturated carbocycles. The predicted molar refractivity (Wildman–Crippen MR) is 86.4 cm³/mol. The monoisotopic (exact) mass is 288 g/mol. The maximum absolute atomic E-state index is 5.61. The van der Waals surface area contributed by atoms with Gasteiger partial charge in [0.2, 0.25) is 0 Å². The quantitative estimate of drug-likeness (QED) is 0.925. The highest BCUT2D eigenvalue weighted by molar-refractivity contribution is 5.19. The van der Waals surface area contributed by atoms with Gasteiger partial charge in [0.1, 0.15) is 0 Å². The van der Waals surface area contributed by atoms with Gasteiger partial charge >= 0.3 is 0 Å². The van der Waals surface area contributed by atoms with Crippen molar-refractivity contribution in [3.8, 4) is 0 Å². The van der Waals surface area contributed by atoms with E-state index in [1.54, 1.807) is 0 Å². The Kier molecular flexibility index (Phi) is 5.28. The van der Waals surface area contributed by atoms with E-state index >= 15 is 0 Å². The number of ether oxygens (including phenoxy) is 1. The molecule has 0 spiro atoms. The molecule has 3 rings (SSSR count). The third-order valence-electron chi connectivity index (χ3n) is 5.08. The van der Waals surface area contributed by atoms with E-state index in [1.807, 2.05) is 7.11 Å². The summed E-state index contributed by atoms with van der Waals surface area (Å²) < 4.78 is 5.61. The van der Waals surface area contributed by atoms with Gasteiger partial charge in [0.25, 0.3) is 0 Å². The lowest BCUT2D eigenvalue weighted by Gasteiger charge is -2.37. The molecule has 0 bridgehead atoms. The number of methoxy groups -OCH3 is 1. The average molecular weight is 288 g/mol. The van der Waals surface area contributed by atoms with Gasteiger partial charge in [-0.3, -0.25) is 4.90 Å². The van der Waals surface area contributed by atoms with Gasteiger partial charge in [-0.25, -0.2) is 0 Å². The van der Waals surface area contributed by atoms with Crippen molar-refractivity contribution < 1.29 is 4.74 Å². The molecule has 1 saturated heterocycles. The van der Waals surface area contributed by atoms with Crippen molar-refractivity contribution in [2.24, 2.45) is 0 Å². The highest BCUT2D eigenvalue weighted by atomic mass is 16.5. The Morgan fingerprint density at radius 3 is 2.81 bits per heavy atom. The Bertz CT molecular complexity index is 422. The molecular formula is C18H28N2O. The lowest BCUT2D eigenvalue weighted by atomic mass is 9.91. The zero-order chi connectivity index (χ0) is 14.5. The van der Waals surface area contributed by atoms with Crippen LogP contribution >= 0.6 is 0 Å². The summed E-state index contributed by atoms with van der Waals surface area (Å²) in [4.78, 5) is 2.71. The number of benzene rings is 1. The second-order valence-corrected chi connectivity index (χ2v) is 6.44. The number of nitrogens with one attached hydrogen (secondary N) is 1. The van der Waals surface area contributed by atoms with Crippen LogP contribution < -0.4 is 5.32 Å². The van der Waals surface area contributed by atoms with Crippen molar-refractivity contribution in [2.45, 2.75) is 50.3 Å². The summed E-state index contributed by atoms with van der Waals surface area (Å²) in [5.74, 6) is 0. The van der Waals surface area contributed by atoms with Crippen LogP contribution in [0.1, 0.15) is 43.7 Å². The molecule has 1 N–H and O–H groups in total. The molecule has 1 aliphatic heterocycles. The summed E-state index contributed by atoms with van der Waals surface area (Å²) in [5, 5.41) is 3.72. The van der Waals surface area contributed by atoms with Gasteiger partial charge in [-0.2, -0.15) is 0 Å². The van der Waals surface area contributed by atoms with Gasteiger partial charge in [0.15, 0.2) is 0 Å². The van der Waals surface area contributed by atoms with Crippen molar-refractivity contribution in [3.05, 3.63) is 35.9 Å². The van der Waals surface area contributed by atoms with Gasteiger partial charge in [0.05, 0.1) is 6.10 Å². The van der Waals surface area contributed by atoms with Crippen LogP contribution in [0.2, 0.25) is 0 Å². The smallest absolute Gasteiger partial charge is 0.0586 e. The van der Waals surface area contributed by atoms with Crippen molar-refractivity contribution >= 4 is 0 Å². The van der Waals surface area contributed by atoms with Gasteiger partial charge in [-0.05, 0) is 50.8 Å². The third kappa shape index (κ3) is 3.85. The molecule has 21 heavy (non-hydrogen) atoms. The van der Waals surface area contributed by atoms with E-state index in [9.17, 15) is 0 Å². The molecule has 3 nitrogen and oxygen atoms in total. The van der Waals surface area contributed by atoms with Crippen LogP contribution in [0.25, 0.3) is 0 Å². The summed E-state index contributed by atoms with van der Waals surface area (Å²) in [6.07, 6.45) is 6.80. The van der Waals surface area contributed by atoms with Crippen molar-refractivity contribution in [1.82, 2.24) is 10.2 Å². The molecule has 0 radical (unpaired) electrons. The van der Waals surface area contributed by atoms with Crippen LogP contribution in [-0.2, 0) is 4.74 Å². The Morgan fingerprint density at radius 1 is 1.14 bits per heavy atom. The zero-order valence-electron chi connectivity index (χ0n) is 13.1. The van der Waals surface area contributed by atoms with Crippen LogP contribution in [-0.4, -0.2) is 43.8 Å². The van der Waals surface area contributed by atoms with Crippen LogP contribution in [0.4, 0.5) is 0 Å². The molecule has 1 aromatic rings. The molecule has 0 amide bonds. The Balaban J connectivity index is 1.67. The van der Waals surface area contributed by atoms with Crippen molar-refractivity contribution in [2.75, 3.05) is 26.7 Å². The molecule has 2 fully saturated rings. The van der Waals surface area contributed by atoms with Crippen LogP contribution in [0.5, 0.6) is 0 Å². The van der Waals surface area contributed by atoms with Gasteiger partial charge in [-0.1, -0.05) is 30.3 Å². The molecule has 1 aliphatic carbocycles. The first kappa shape index (κ1) is 15.0. The van der Waals surface area contributed by atoms with Gasteiger partial charge in [0, 0.05) is 25.7 Å².